The van der Waals surface area contributed by atoms with Gasteiger partial charge < -0.3 is 15.3 Å². The summed E-state index contributed by atoms with van der Waals surface area (Å²) in [5.74, 6) is -0.522. The summed E-state index contributed by atoms with van der Waals surface area (Å²) in [5.41, 5.74) is 6.82. The molecule has 0 saturated heterocycles. The van der Waals surface area contributed by atoms with Crippen LogP contribution in [-0.2, 0) is 13.5 Å². The Kier molecular flexibility index (Phi) is 5.69. The molecule has 0 spiro atoms. The number of nitrogens with zero attached hydrogens (tertiary/aromatic N) is 1. The summed E-state index contributed by atoms with van der Waals surface area (Å²) < 4.78 is 1.35. The number of carbonyl (C=O) groups is 1. The van der Waals surface area contributed by atoms with Crippen LogP contribution in [0.4, 0.5) is 0 Å². The molecule has 1 aromatic heterocycles. The van der Waals surface area contributed by atoms with Gasteiger partial charge in [0.05, 0.1) is 0 Å². The Bertz CT molecular complexity index is 1220. The Balaban J connectivity index is 1.94. The highest BCUT2D eigenvalue weighted by Crippen LogP contribution is 2.04. The van der Waals surface area contributed by atoms with Crippen molar-refractivity contribution in [2.75, 3.05) is 0 Å². The highest BCUT2D eigenvalue weighted by Gasteiger charge is 2.02. The van der Waals surface area contributed by atoms with Crippen molar-refractivity contribution in [3.05, 3.63) is 103 Å². The standard InChI is InChI=1S/C22H21N3O3/c1-25-19(9-5-8-15-6-3-2-4-7-15)21(27)24-18(22(25)28)14-16-10-12-17(13-11-16)20(23)26/h2-4,6-7,9-14H,5,8H2,1H3,(H2,23,26)(H,24,27)/b18-14-,19-9-. The lowest BCUT2D eigenvalue weighted by molar-refractivity contribution is 0.100. The summed E-state index contributed by atoms with van der Waals surface area (Å²) in [6.07, 6.45) is 4.79. The molecule has 2 aromatic carbocycles. The van der Waals surface area contributed by atoms with E-state index in [0.717, 1.165) is 6.42 Å². The monoisotopic (exact) mass is 375 g/mol. The molecule has 28 heavy (non-hydrogen) atoms. The van der Waals surface area contributed by atoms with E-state index in [0.29, 0.717) is 22.9 Å². The fraction of sp³-hybridized carbons (Fsp3) is 0.136. The van der Waals surface area contributed by atoms with E-state index >= 15 is 0 Å². The first-order valence-electron chi connectivity index (χ1n) is 8.91. The van der Waals surface area contributed by atoms with Gasteiger partial charge in [0.1, 0.15) is 10.7 Å². The first kappa shape index (κ1) is 19.1. The molecule has 0 atom stereocenters. The number of aromatic amines is 1. The zero-order valence-electron chi connectivity index (χ0n) is 15.5. The Morgan fingerprint density at radius 3 is 2.39 bits per heavy atom. The SMILES string of the molecule is Cn1c(=O)/c(=C/c2ccc(C(N)=O)cc2)[nH]c(=O)/c1=C/CCc1ccccc1. The third kappa shape index (κ3) is 4.35. The average Bonchev–Trinajstić information content (AvgIpc) is 2.70. The largest absolute Gasteiger partial charge is 0.366 e. The van der Waals surface area contributed by atoms with Crippen molar-refractivity contribution >= 4 is 18.1 Å². The van der Waals surface area contributed by atoms with E-state index in [9.17, 15) is 14.4 Å². The first-order chi connectivity index (χ1) is 13.5. The van der Waals surface area contributed by atoms with Crippen molar-refractivity contribution in [3.63, 3.8) is 0 Å². The predicted octanol–water partition coefficient (Wildman–Crippen LogP) is 0.415. The fourth-order valence-electron chi connectivity index (χ4n) is 2.94. The first-order valence-corrected chi connectivity index (χ1v) is 8.91. The van der Waals surface area contributed by atoms with Crippen LogP contribution in [0.5, 0.6) is 0 Å². The van der Waals surface area contributed by atoms with Crippen LogP contribution in [0.3, 0.4) is 0 Å². The van der Waals surface area contributed by atoms with Gasteiger partial charge in [0.25, 0.3) is 11.1 Å². The van der Waals surface area contributed by atoms with Gasteiger partial charge in [0.15, 0.2) is 0 Å². The molecular formula is C22H21N3O3. The number of hydrogen-bond donors (Lipinski definition) is 2. The van der Waals surface area contributed by atoms with E-state index in [2.05, 4.69) is 4.98 Å². The normalized spacial score (nSPS) is 12.3. The van der Waals surface area contributed by atoms with Crippen molar-refractivity contribution in [2.45, 2.75) is 12.8 Å². The lowest BCUT2D eigenvalue weighted by Gasteiger charge is -2.01. The summed E-state index contributed by atoms with van der Waals surface area (Å²) in [6, 6.07) is 16.4. The fourth-order valence-corrected chi connectivity index (χ4v) is 2.94. The van der Waals surface area contributed by atoms with Gasteiger partial charge in [-0.05, 0) is 42.2 Å². The summed E-state index contributed by atoms with van der Waals surface area (Å²) >= 11 is 0. The van der Waals surface area contributed by atoms with Crippen LogP contribution in [0, 0.1) is 0 Å². The Hall–Kier alpha value is -3.67. The number of benzene rings is 2. The van der Waals surface area contributed by atoms with Gasteiger partial charge in [-0.15, -0.1) is 0 Å². The van der Waals surface area contributed by atoms with E-state index in [1.54, 1.807) is 43.5 Å². The van der Waals surface area contributed by atoms with Gasteiger partial charge in [-0.2, -0.15) is 0 Å². The molecule has 1 heterocycles. The Labute approximate surface area is 161 Å². The number of aromatic nitrogens is 2. The van der Waals surface area contributed by atoms with Gasteiger partial charge in [-0.3, -0.25) is 14.4 Å². The molecule has 0 aliphatic carbocycles. The second kappa shape index (κ2) is 8.35. The minimum Gasteiger partial charge on any atom is -0.366 e. The molecule has 0 fully saturated rings. The molecule has 0 aliphatic heterocycles. The molecule has 142 valence electrons. The molecule has 3 N–H and O–H groups in total. The lowest BCUT2D eigenvalue weighted by Crippen LogP contribution is -2.52. The van der Waals surface area contributed by atoms with Crippen LogP contribution in [0.1, 0.15) is 27.9 Å². The zero-order valence-corrected chi connectivity index (χ0v) is 15.5. The molecule has 0 radical (unpaired) electrons. The highest BCUT2D eigenvalue weighted by atomic mass is 16.1. The number of amides is 1. The molecule has 1 amide bonds. The topological polar surface area (TPSA) is 97.9 Å². The molecule has 6 nitrogen and oxygen atoms in total. The predicted molar refractivity (Wildman–Crippen MR) is 109 cm³/mol. The maximum Gasteiger partial charge on any atom is 0.274 e. The second-order valence-electron chi connectivity index (χ2n) is 6.48. The molecule has 6 heteroatoms. The van der Waals surface area contributed by atoms with Crippen LogP contribution < -0.4 is 27.6 Å². The maximum absolute atomic E-state index is 12.6. The molecule has 0 saturated carbocycles. The van der Waals surface area contributed by atoms with Crippen molar-refractivity contribution in [2.24, 2.45) is 12.8 Å². The highest BCUT2D eigenvalue weighted by molar-refractivity contribution is 5.92. The van der Waals surface area contributed by atoms with Crippen LogP contribution in [0.15, 0.2) is 64.2 Å². The van der Waals surface area contributed by atoms with Gasteiger partial charge in [-0.1, -0.05) is 48.5 Å². The average molecular weight is 375 g/mol. The van der Waals surface area contributed by atoms with E-state index in [1.807, 2.05) is 30.3 Å². The molecule has 0 bridgehead atoms. The van der Waals surface area contributed by atoms with E-state index in [1.165, 1.54) is 10.1 Å². The molecule has 0 unspecified atom stereocenters. The lowest BCUT2D eigenvalue weighted by atomic mass is 10.1. The van der Waals surface area contributed by atoms with Gasteiger partial charge in [0, 0.05) is 12.6 Å². The summed E-state index contributed by atoms with van der Waals surface area (Å²) in [6.45, 7) is 0. The smallest absolute Gasteiger partial charge is 0.274 e. The van der Waals surface area contributed by atoms with Gasteiger partial charge in [-0.25, -0.2) is 0 Å². The summed E-state index contributed by atoms with van der Waals surface area (Å²) in [5, 5.41) is 0.515. The molecule has 3 rings (SSSR count). The maximum atomic E-state index is 12.6. The minimum atomic E-state index is -0.522. The van der Waals surface area contributed by atoms with Crippen molar-refractivity contribution < 1.29 is 4.79 Å². The summed E-state index contributed by atoms with van der Waals surface area (Å²) in [7, 11) is 1.58. The Morgan fingerprint density at radius 2 is 1.75 bits per heavy atom. The van der Waals surface area contributed by atoms with Crippen molar-refractivity contribution in [1.29, 1.82) is 0 Å². The quantitative estimate of drug-likeness (QED) is 0.676. The number of primary amides is 1. The van der Waals surface area contributed by atoms with Crippen molar-refractivity contribution in [3.8, 4) is 0 Å². The molecular weight excluding hydrogens is 354 g/mol. The number of H-pyrrole nitrogens is 1. The third-order valence-corrected chi connectivity index (χ3v) is 4.50. The second-order valence-corrected chi connectivity index (χ2v) is 6.48. The Morgan fingerprint density at radius 1 is 1.07 bits per heavy atom. The molecule has 0 aliphatic rings. The third-order valence-electron chi connectivity index (χ3n) is 4.50. The van der Waals surface area contributed by atoms with E-state index < -0.39 is 5.91 Å². The molecule has 3 aromatic rings. The van der Waals surface area contributed by atoms with Crippen molar-refractivity contribution in [1.82, 2.24) is 9.55 Å². The number of carbonyl (C=O) groups excluding carboxylic acids is 1. The summed E-state index contributed by atoms with van der Waals surface area (Å²) in [4.78, 5) is 38.9. The number of rotatable bonds is 5. The van der Waals surface area contributed by atoms with Crippen LogP contribution in [-0.4, -0.2) is 15.5 Å². The minimum absolute atomic E-state index is 0.180. The van der Waals surface area contributed by atoms with Crippen LogP contribution in [0.25, 0.3) is 12.2 Å². The van der Waals surface area contributed by atoms with E-state index in [-0.39, 0.29) is 16.5 Å². The number of nitrogens with two attached hydrogens (primary N) is 1. The number of aryl methyl sites for hydroxylation is 1. The number of hydrogen-bond acceptors (Lipinski definition) is 3. The van der Waals surface area contributed by atoms with E-state index in [4.69, 9.17) is 5.73 Å². The van der Waals surface area contributed by atoms with Crippen LogP contribution in [0.2, 0.25) is 0 Å². The van der Waals surface area contributed by atoms with Gasteiger partial charge >= 0.3 is 0 Å². The van der Waals surface area contributed by atoms with Crippen LogP contribution >= 0.6 is 0 Å². The zero-order chi connectivity index (χ0) is 20.1. The number of nitrogens with one attached hydrogen (secondary N) is 1. The van der Waals surface area contributed by atoms with Gasteiger partial charge in [0.2, 0.25) is 5.91 Å².